The van der Waals surface area contributed by atoms with Crippen molar-refractivity contribution in [1.29, 1.82) is 0 Å². The number of hydrogen-bond acceptors (Lipinski definition) is 3. The van der Waals surface area contributed by atoms with Crippen LogP contribution in [0.1, 0.15) is 27.0 Å². The van der Waals surface area contributed by atoms with Crippen LogP contribution in [-0.2, 0) is 23.0 Å². The Bertz CT molecular complexity index is 1190. The first-order valence-electron chi connectivity index (χ1n) is 9.59. The van der Waals surface area contributed by atoms with Crippen LogP contribution in [-0.4, -0.2) is 20.9 Å². The van der Waals surface area contributed by atoms with Gasteiger partial charge in [-0.25, -0.2) is 8.42 Å². The van der Waals surface area contributed by atoms with Crippen molar-refractivity contribution in [1.82, 2.24) is 5.32 Å². The van der Waals surface area contributed by atoms with Gasteiger partial charge >= 0.3 is 0 Å². The van der Waals surface area contributed by atoms with Crippen LogP contribution in [0.15, 0.2) is 71.6 Å². The number of nitrogens with zero attached hydrogens (tertiary/aromatic N) is 1. The molecular weight excluding hydrogens is 420 g/mol. The van der Waals surface area contributed by atoms with E-state index in [1.54, 1.807) is 54.6 Å². The zero-order valence-electron chi connectivity index (χ0n) is 16.4. The summed E-state index contributed by atoms with van der Waals surface area (Å²) >= 11 is 5.88. The molecule has 0 saturated heterocycles. The minimum Gasteiger partial charge on any atom is -0.348 e. The highest BCUT2D eigenvalue weighted by Crippen LogP contribution is 2.33. The zero-order chi connectivity index (χ0) is 21.3. The minimum absolute atomic E-state index is 0.201. The lowest BCUT2D eigenvalue weighted by Crippen LogP contribution is -2.29. The quantitative estimate of drug-likeness (QED) is 0.642. The Kier molecular flexibility index (Phi) is 5.54. The molecule has 0 aliphatic carbocycles. The molecule has 0 radical (unpaired) electrons. The van der Waals surface area contributed by atoms with Gasteiger partial charge in [-0.1, -0.05) is 41.4 Å². The SMILES string of the molecule is Cc1ccc(S(=O)(=O)N2CCc3cc(C(=O)NCc4ccc(Cl)cc4)ccc32)cc1. The molecule has 3 aromatic carbocycles. The molecule has 7 heteroatoms. The van der Waals surface area contributed by atoms with Crippen molar-refractivity contribution in [2.45, 2.75) is 24.8 Å². The van der Waals surface area contributed by atoms with E-state index in [2.05, 4.69) is 5.32 Å². The van der Waals surface area contributed by atoms with Crippen LogP contribution in [0.4, 0.5) is 5.69 Å². The van der Waals surface area contributed by atoms with Gasteiger partial charge in [-0.15, -0.1) is 0 Å². The normalized spacial score (nSPS) is 13.2. The number of carbonyl (C=O) groups excluding carboxylic acids is 1. The van der Waals surface area contributed by atoms with Crippen molar-refractivity contribution >= 4 is 33.2 Å². The number of amides is 1. The van der Waals surface area contributed by atoms with Crippen LogP contribution < -0.4 is 9.62 Å². The van der Waals surface area contributed by atoms with Crippen molar-refractivity contribution in [3.8, 4) is 0 Å². The number of anilines is 1. The van der Waals surface area contributed by atoms with Gasteiger partial charge in [0.05, 0.1) is 10.6 Å². The third kappa shape index (κ3) is 4.06. The van der Waals surface area contributed by atoms with Gasteiger partial charge in [-0.2, -0.15) is 0 Å². The lowest BCUT2D eigenvalue weighted by molar-refractivity contribution is 0.0951. The maximum Gasteiger partial charge on any atom is 0.264 e. The van der Waals surface area contributed by atoms with Crippen LogP contribution in [0.25, 0.3) is 0 Å². The molecule has 0 unspecified atom stereocenters. The molecule has 5 nitrogen and oxygen atoms in total. The third-order valence-corrected chi connectivity index (χ3v) is 7.25. The second-order valence-corrected chi connectivity index (χ2v) is 9.59. The fraction of sp³-hybridized carbons (Fsp3) is 0.174. The molecule has 4 rings (SSSR count). The molecule has 3 aromatic rings. The predicted octanol–water partition coefficient (Wildman–Crippen LogP) is 4.33. The second-order valence-electron chi connectivity index (χ2n) is 7.29. The second kappa shape index (κ2) is 8.13. The number of rotatable bonds is 5. The van der Waals surface area contributed by atoms with Crippen LogP contribution in [0.2, 0.25) is 5.02 Å². The molecule has 1 aliphatic rings. The number of hydrogen-bond donors (Lipinski definition) is 1. The maximum atomic E-state index is 13.0. The van der Waals surface area contributed by atoms with Crippen molar-refractivity contribution in [2.75, 3.05) is 10.8 Å². The lowest BCUT2D eigenvalue weighted by Gasteiger charge is -2.20. The highest BCUT2D eigenvalue weighted by Gasteiger charge is 2.31. The number of fused-ring (bicyclic) bond motifs is 1. The summed E-state index contributed by atoms with van der Waals surface area (Å²) in [6, 6.07) is 19.3. The maximum absolute atomic E-state index is 13.0. The number of halogens is 1. The van der Waals surface area contributed by atoms with Gasteiger partial charge in [0.15, 0.2) is 0 Å². The average molecular weight is 441 g/mol. The number of carbonyl (C=O) groups is 1. The Balaban J connectivity index is 1.51. The molecule has 0 atom stereocenters. The van der Waals surface area contributed by atoms with Gasteiger partial charge in [0.2, 0.25) is 0 Å². The fourth-order valence-corrected chi connectivity index (χ4v) is 5.12. The van der Waals surface area contributed by atoms with Gasteiger partial charge in [0.25, 0.3) is 15.9 Å². The summed E-state index contributed by atoms with van der Waals surface area (Å²) in [5, 5.41) is 3.53. The summed E-state index contributed by atoms with van der Waals surface area (Å²) in [6.45, 7) is 2.67. The molecule has 0 bridgehead atoms. The van der Waals surface area contributed by atoms with Crippen molar-refractivity contribution in [3.63, 3.8) is 0 Å². The van der Waals surface area contributed by atoms with E-state index in [0.29, 0.717) is 35.8 Å². The van der Waals surface area contributed by atoms with E-state index < -0.39 is 10.0 Å². The van der Waals surface area contributed by atoms with E-state index in [0.717, 1.165) is 16.7 Å². The molecule has 154 valence electrons. The predicted molar refractivity (Wildman–Crippen MR) is 118 cm³/mol. The zero-order valence-corrected chi connectivity index (χ0v) is 18.0. The molecule has 1 amide bonds. The molecule has 1 N–H and O–H groups in total. The van der Waals surface area contributed by atoms with E-state index in [-0.39, 0.29) is 10.8 Å². The largest absolute Gasteiger partial charge is 0.348 e. The summed E-state index contributed by atoms with van der Waals surface area (Å²) in [6.07, 6.45) is 0.568. The van der Waals surface area contributed by atoms with Gasteiger partial charge in [-0.05, 0) is 66.9 Å². The third-order valence-electron chi connectivity index (χ3n) is 5.17. The molecule has 30 heavy (non-hydrogen) atoms. The van der Waals surface area contributed by atoms with Crippen molar-refractivity contribution < 1.29 is 13.2 Å². The molecule has 0 spiro atoms. The van der Waals surface area contributed by atoms with Crippen LogP contribution in [0.5, 0.6) is 0 Å². The number of nitrogens with one attached hydrogen (secondary N) is 1. The van der Waals surface area contributed by atoms with Crippen molar-refractivity contribution in [2.24, 2.45) is 0 Å². The molecule has 0 saturated carbocycles. The summed E-state index contributed by atoms with van der Waals surface area (Å²) in [4.78, 5) is 12.8. The summed E-state index contributed by atoms with van der Waals surface area (Å²) < 4.78 is 27.5. The number of benzene rings is 3. The molecule has 1 aliphatic heterocycles. The van der Waals surface area contributed by atoms with Gasteiger partial charge in [0.1, 0.15) is 0 Å². The summed E-state index contributed by atoms with van der Waals surface area (Å²) in [7, 11) is -3.63. The van der Waals surface area contributed by atoms with E-state index in [1.165, 1.54) is 4.31 Å². The monoisotopic (exact) mass is 440 g/mol. The van der Waals surface area contributed by atoms with Crippen LogP contribution >= 0.6 is 11.6 Å². The molecular formula is C23H21ClN2O3S. The average Bonchev–Trinajstić information content (AvgIpc) is 3.17. The fourth-order valence-electron chi connectivity index (χ4n) is 3.49. The van der Waals surface area contributed by atoms with Gasteiger partial charge < -0.3 is 5.32 Å². The molecule has 1 heterocycles. The summed E-state index contributed by atoms with van der Waals surface area (Å²) in [5.74, 6) is -0.201. The first-order chi connectivity index (χ1) is 14.3. The Morgan fingerprint density at radius 1 is 1.03 bits per heavy atom. The molecule has 0 aromatic heterocycles. The van der Waals surface area contributed by atoms with Crippen LogP contribution in [0.3, 0.4) is 0 Å². The van der Waals surface area contributed by atoms with Crippen molar-refractivity contribution in [3.05, 3.63) is 94.0 Å². The van der Waals surface area contributed by atoms with E-state index in [9.17, 15) is 13.2 Å². The van der Waals surface area contributed by atoms with Gasteiger partial charge in [-0.3, -0.25) is 9.10 Å². The summed E-state index contributed by atoms with van der Waals surface area (Å²) in [5.41, 5.74) is 3.95. The van der Waals surface area contributed by atoms with E-state index in [1.807, 2.05) is 19.1 Å². The van der Waals surface area contributed by atoms with E-state index in [4.69, 9.17) is 11.6 Å². The lowest BCUT2D eigenvalue weighted by atomic mass is 10.1. The number of sulfonamides is 1. The Morgan fingerprint density at radius 2 is 1.73 bits per heavy atom. The van der Waals surface area contributed by atoms with E-state index >= 15 is 0 Å². The Morgan fingerprint density at radius 3 is 2.43 bits per heavy atom. The standard InChI is InChI=1S/C23H21ClN2O3S/c1-16-2-9-21(10-3-16)30(28,29)26-13-12-18-14-19(6-11-22(18)26)23(27)25-15-17-4-7-20(24)8-5-17/h2-11,14H,12-13,15H2,1H3,(H,25,27). The molecule has 0 fully saturated rings. The minimum atomic E-state index is -3.63. The first kappa shape index (κ1) is 20.4. The first-order valence-corrected chi connectivity index (χ1v) is 11.4. The Hall–Kier alpha value is -2.83. The Labute approximate surface area is 181 Å². The topological polar surface area (TPSA) is 66.5 Å². The van der Waals surface area contributed by atoms with Gasteiger partial charge in [0, 0.05) is 23.7 Å². The highest BCUT2D eigenvalue weighted by molar-refractivity contribution is 7.92. The smallest absolute Gasteiger partial charge is 0.264 e. The van der Waals surface area contributed by atoms with Crippen LogP contribution in [0, 0.1) is 6.92 Å². The highest BCUT2D eigenvalue weighted by atomic mass is 35.5. The number of aryl methyl sites for hydroxylation is 1.